The maximum absolute atomic E-state index is 13.6. The molecule has 0 fully saturated rings. The Labute approximate surface area is 134 Å². The van der Waals surface area contributed by atoms with Crippen molar-refractivity contribution in [3.8, 4) is 0 Å². The molecule has 1 aromatic carbocycles. The van der Waals surface area contributed by atoms with Crippen LogP contribution in [0.5, 0.6) is 0 Å². The first-order valence-electron chi connectivity index (χ1n) is 6.50. The van der Waals surface area contributed by atoms with Gasteiger partial charge in [-0.2, -0.15) is 0 Å². The lowest BCUT2D eigenvalue weighted by Gasteiger charge is -2.13. The molecule has 1 atom stereocenters. The van der Waals surface area contributed by atoms with E-state index in [0.717, 1.165) is 22.8 Å². The zero-order valence-electron chi connectivity index (χ0n) is 11.3. The van der Waals surface area contributed by atoms with Gasteiger partial charge in [-0.05, 0) is 12.1 Å². The zero-order valence-corrected chi connectivity index (χ0v) is 12.8. The van der Waals surface area contributed by atoms with Gasteiger partial charge in [0.2, 0.25) is 0 Å². The summed E-state index contributed by atoms with van der Waals surface area (Å²) in [7, 11) is 0. The van der Waals surface area contributed by atoms with Crippen LogP contribution in [-0.2, 0) is 6.54 Å². The summed E-state index contributed by atoms with van der Waals surface area (Å²) >= 11 is 7.50. The van der Waals surface area contributed by atoms with Crippen LogP contribution in [0.25, 0.3) is 4.96 Å². The second-order valence-electron chi connectivity index (χ2n) is 4.69. The normalized spacial score (nSPS) is 12.9. The molecule has 0 saturated heterocycles. The van der Waals surface area contributed by atoms with Gasteiger partial charge >= 0.3 is 0 Å². The van der Waals surface area contributed by atoms with Crippen LogP contribution < -0.4 is 5.32 Å². The van der Waals surface area contributed by atoms with Crippen molar-refractivity contribution >= 4 is 27.9 Å². The summed E-state index contributed by atoms with van der Waals surface area (Å²) in [6.07, 6.45) is 0.550. The van der Waals surface area contributed by atoms with Crippen molar-refractivity contribution in [1.82, 2.24) is 14.7 Å². The predicted octanol–water partition coefficient (Wildman–Crippen LogP) is 3.15. The lowest BCUT2D eigenvalue weighted by Crippen LogP contribution is -2.23. The fourth-order valence-corrected chi connectivity index (χ4v) is 3.24. The Kier molecular flexibility index (Phi) is 4.39. The van der Waals surface area contributed by atoms with Gasteiger partial charge in [0, 0.05) is 24.7 Å². The Morgan fingerprint density at radius 1 is 1.36 bits per heavy atom. The van der Waals surface area contributed by atoms with Gasteiger partial charge in [-0.15, -0.1) is 11.3 Å². The van der Waals surface area contributed by atoms with Crippen molar-refractivity contribution in [3.05, 3.63) is 57.8 Å². The molecule has 22 heavy (non-hydrogen) atoms. The molecule has 3 aromatic rings. The lowest BCUT2D eigenvalue weighted by molar-refractivity contribution is 0.164. The first-order valence-corrected chi connectivity index (χ1v) is 7.76. The van der Waals surface area contributed by atoms with E-state index in [0.29, 0.717) is 11.7 Å². The molecule has 0 aliphatic rings. The van der Waals surface area contributed by atoms with Gasteiger partial charge in [-0.1, -0.05) is 17.7 Å². The number of benzene rings is 1. The van der Waals surface area contributed by atoms with Gasteiger partial charge in [-0.3, -0.25) is 4.40 Å². The van der Waals surface area contributed by atoms with E-state index >= 15 is 0 Å². The van der Waals surface area contributed by atoms with Gasteiger partial charge in [0.05, 0.1) is 17.4 Å². The van der Waals surface area contributed by atoms with E-state index in [-0.39, 0.29) is 12.1 Å². The smallest absolute Gasteiger partial charge is 0.195 e. The molecule has 0 spiro atoms. The minimum Gasteiger partial charge on any atom is -0.387 e. The van der Waals surface area contributed by atoms with Gasteiger partial charge in [0.1, 0.15) is 11.6 Å². The van der Waals surface area contributed by atoms with E-state index in [1.165, 1.54) is 17.4 Å². The summed E-state index contributed by atoms with van der Waals surface area (Å²) in [5.74, 6) is -1.53. The molecular formula is C14H12ClF2N3OS. The van der Waals surface area contributed by atoms with Crippen LogP contribution in [0.3, 0.4) is 0 Å². The van der Waals surface area contributed by atoms with Crippen molar-refractivity contribution in [3.63, 3.8) is 0 Å². The number of aliphatic hydroxyl groups is 1. The first kappa shape index (κ1) is 15.4. The number of aliphatic hydroxyl groups excluding tert-OH is 1. The number of rotatable bonds is 5. The molecule has 116 valence electrons. The zero-order chi connectivity index (χ0) is 15.7. The molecule has 0 amide bonds. The minimum absolute atomic E-state index is 0.00838. The van der Waals surface area contributed by atoms with Gasteiger partial charge in [0.15, 0.2) is 10.1 Å². The Bertz CT molecular complexity index is 784. The highest BCUT2D eigenvalue weighted by Crippen LogP contribution is 2.22. The Morgan fingerprint density at radius 2 is 2.09 bits per heavy atom. The van der Waals surface area contributed by atoms with E-state index in [9.17, 15) is 13.9 Å². The standard InChI is InChI=1S/C14H12ClF2N3OS/c15-13-10(20-4-5-22-14(20)19-13)6-18-7-11(21)12-8(16)2-1-3-9(12)17/h1-5,11,18,21H,6-7H2. The van der Waals surface area contributed by atoms with E-state index in [2.05, 4.69) is 10.3 Å². The molecule has 4 nitrogen and oxygen atoms in total. The molecule has 2 N–H and O–H groups in total. The maximum atomic E-state index is 13.6. The molecular weight excluding hydrogens is 332 g/mol. The van der Waals surface area contributed by atoms with E-state index in [1.54, 1.807) is 0 Å². The summed E-state index contributed by atoms with van der Waals surface area (Å²) in [5, 5.41) is 15.1. The highest BCUT2D eigenvalue weighted by atomic mass is 35.5. The third-order valence-corrected chi connectivity index (χ3v) is 4.33. The second kappa shape index (κ2) is 6.29. The van der Waals surface area contributed by atoms with Crippen LogP contribution in [0.1, 0.15) is 17.4 Å². The van der Waals surface area contributed by atoms with Gasteiger partial charge in [-0.25, -0.2) is 13.8 Å². The summed E-state index contributed by atoms with van der Waals surface area (Å²) in [6.45, 7) is 0.315. The Balaban J connectivity index is 1.68. The number of hydrogen-bond acceptors (Lipinski definition) is 4. The average Bonchev–Trinajstić information content (AvgIpc) is 3.01. The van der Waals surface area contributed by atoms with Crippen LogP contribution in [-0.4, -0.2) is 21.0 Å². The molecule has 0 aliphatic carbocycles. The first-order chi connectivity index (χ1) is 10.6. The average molecular weight is 344 g/mol. The summed E-state index contributed by atoms with van der Waals surface area (Å²) in [4.78, 5) is 4.95. The van der Waals surface area contributed by atoms with Crippen LogP contribution in [0, 0.1) is 11.6 Å². The van der Waals surface area contributed by atoms with E-state index in [4.69, 9.17) is 11.6 Å². The van der Waals surface area contributed by atoms with Crippen LogP contribution in [0.2, 0.25) is 5.15 Å². The molecule has 3 rings (SSSR count). The van der Waals surface area contributed by atoms with Crippen LogP contribution in [0.4, 0.5) is 8.78 Å². The molecule has 0 bridgehead atoms. The monoisotopic (exact) mass is 343 g/mol. The molecule has 0 saturated carbocycles. The Morgan fingerprint density at radius 3 is 2.82 bits per heavy atom. The maximum Gasteiger partial charge on any atom is 0.195 e. The number of aromatic nitrogens is 2. The second-order valence-corrected chi connectivity index (χ2v) is 5.92. The SMILES string of the molecule is OC(CNCc1c(Cl)nc2sccn12)c1c(F)cccc1F. The number of halogens is 3. The molecule has 2 aromatic heterocycles. The van der Waals surface area contributed by atoms with Crippen molar-refractivity contribution in [2.45, 2.75) is 12.6 Å². The van der Waals surface area contributed by atoms with Crippen molar-refractivity contribution in [1.29, 1.82) is 0 Å². The fourth-order valence-electron chi connectivity index (χ4n) is 2.22. The third-order valence-electron chi connectivity index (χ3n) is 3.28. The quantitative estimate of drug-likeness (QED) is 0.748. The number of fused-ring (bicyclic) bond motifs is 1. The fraction of sp³-hybridized carbons (Fsp3) is 0.214. The highest BCUT2D eigenvalue weighted by molar-refractivity contribution is 7.15. The van der Waals surface area contributed by atoms with Crippen molar-refractivity contribution in [2.75, 3.05) is 6.54 Å². The number of imidazole rings is 1. The van der Waals surface area contributed by atoms with E-state index in [1.807, 2.05) is 16.0 Å². The largest absolute Gasteiger partial charge is 0.387 e. The topological polar surface area (TPSA) is 49.6 Å². The van der Waals surface area contributed by atoms with Gasteiger partial charge < -0.3 is 10.4 Å². The summed E-state index contributed by atoms with van der Waals surface area (Å²) < 4.78 is 29.0. The number of nitrogens with one attached hydrogen (secondary N) is 1. The number of nitrogens with zero attached hydrogens (tertiary/aromatic N) is 2. The van der Waals surface area contributed by atoms with Crippen molar-refractivity contribution in [2.24, 2.45) is 0 Å². The molecule has 8 heteroatoms. The molecule has 0 radical (unpaired) electrons. The van der Waals surface area contributed by atoms with Crippen LogP contribution in [0.15, 0.2) is 29.8 Å². The van der Waals surface area contributed by atoms with E-state index < -0.39 is 17.7 Å². The van der Waals surface area contributed by atoms with Gasteiger partial charge in [0.25, 0.3) is 0 Å². The molecule has 2 heterocycles. The molecule has 1 unspecified atom stereocenters. The number of hydrogen-bond donors (Lipinski definition) is 2. The molecule has 0 aliphatic heterocycles. The minimum atomic E-state index is -1.29. The lowest BCUT2D eigenvalue weighted by atomic mass is 10.1. The highest BCUT2D eigenvalue weighted by Gasteiger charge is 2.18. The number of thiazole rings is 1. The summed E-state index contributed by atoms with van der Waals surface area (Å²) in [6, 6.07) is 3.49. The third kappa shape index (κ3) is 2.85. The van der Waals surface area contributed by atoms with Crippen molar-refractivity contribution < 1.29 is 13.9 Å². The summed E-state index contributed by atoms with van der Waals surface area (Å²) in [5.41, 5.74) is 0.397. The predicted molar refractivity (Wildman–Crippen MR) is 81.1 cm³/mol. The Hall–Kier alpha value is -1.54. The van der Waals surface area contributed by atoms with Crippen LogP contribution >= 0.6 is 22.9 Å².